The summed E-state index contributed by atoms with van der Waals surface area (Å²) in [6.07, 6.45) is 3.79. The van der Waals surface area contributed by atoms with Crippen molar-refractivity contribution in [1.29, 1.82) is 0 Å². The zero-order chi connectivity index (χ0) is 19.3. The van der Waals surface area contributed by atoms with Crippen molar-refractivity contribution in [2.24, 2.45) is 0 Å². The topological polar surface area (TPSA) is 55.6 Å². The van der Waals surface area contributed by atoms with Gasteiger partial charge in [-0.1, -0.05) is 30.3 Å². The number of benzene rings is 2. The van der Waals surface area contributed by atoms with Crippen molar-refractivity contribution in [2.45, 2.75) is 13.2 Å². The number of fused-ring (bicyclic) bond motifs is 1. The summed E-state index contributed by atoms with van der Waals surface area (Å²) < 4.78 is 20.7. The van der Waals surface area contributed by atoms with Gasteiger partial charge >= 0.3 is 0 Å². The molecule has 1 N–H and O–H groups in total. The quantitative estimate of drug-likeness (QED) is 0.555. The van der Waals surface area contributed by atoms with Gasteiger partial charge in [0.05, 0.1) is 17.8 Å². The van der Waals surface area contributed by atoms with E-state index >= 15 is 0 Å². The van der Waals surface area contributed by atoms with Crippen LogP contribution in [0.4, 0.5) is 4.39 Å². The Hall–Kier alpha value is -3.67. The van der Waals surface area contributed by atoms with E-state index in [0.29, 0.717) is 17.9 Å². The van der Waals surface area contributed by atoms with Gasteiger partial charge in [-0.3, -0.25) is 4.79 Å². The molecule has 4 aromatic rings. The number of amides is 1. The third kappa shape index (κ3) is 4.01. The summed E-state index contributed by atoms with van der Waals surface area (Å²) in [5, 5.41) is 2.88. The Balaban J connectivity index is 1.43. The highest BCUT2D eigenvalue weighted by molar-refractivity contribution is 5.96. The van der Waals surface area contributed by atoms with Gasteiger partial charge in [-0.25, -0.2) is 9.37 Å². The number of hydrogen-bond acceptors (Lipinski definition) is 3. The Morgan fingerprint density at radius 2 is 1.82 bits per heavy atom. The van der Waals surface area contributed by atoms with E-state index in [2.05, 4.69) is 10.3 Å². The van der Waals surface area contributed by atoms with Crippen LogP contribution in [0, 0.1) is 5.82 Å². The third-order valence-electron chi connectivity index (χ3n) is 4.28. The van der Waals surface area contributed by atoms with Crippen LogP contribution >= 0.6 is 0 Å². The number of carbonyl (C=O) groups excluding carboxylic acids is 1. The molecular formula is C22H18FN3O2. The molecule has 0 aliphatic heterocycles. The Bertz CT molecular complexity index is 1070. The summed E-state index contributed by atoms with van der Waals surface area (Å²) in [6, 6.07) is 18.8. The number of pyridine rings is 1. The molecule has 1 amide bonds. The molecule has 0 aliphatic carbocycles. The molecule has 0 atom stereocenters. The van der Waals surface area contributed by atoms with E-state index in [9.17, 15) is 9.18 Å². The van der Waals surface area contributed by atoms with E-state index in [1.807, 2.05) is 35.0 Å². The van der Waals surface area contributed by atoms with Crippen molar-refractivity contribution in [3.8, 4) is 5.75 Å². The first-order valence-corrected chi connectivity index (χ1v) is 8.86. The van der Waals surface area contributed by atoms with Crippen LogP contribution in [0.5, 0.6) is 5.75 Å². The Morgan fingerprint density at radius 1 is 1.04 bits per heavy atom. The van der Waals surface area contributed by atoms with Crippen LogP contribution in [0.15, 0.2) is 79.1 Å². The number of nitrogens with one attached hydrogen (secondary N) is 1. The van der Waals surface area contributed by atoms with Gasteiger partial charge in [0, 0.05) is 12.4 Å². The summed E-state index contributed by atoms with van der Waals surface area (Å²) >= 11 is 0. The van der Waals surface area contributed by atoms with Crippen LogP contribution in [-0.2, 0) is 13.2 Å². The van der Waals surface area contributed by atoms with Gasteiger partial charge in [0.15, 0.2) is 0 Å². The van der Waals surface area contributed by atoms with E-state index in [-0.39, 0.29) is 18.3 Å². The average Bonchev–Trinajstić information content (AvgIpc) is 3.15. The number of rotatable bonds is 6. The summed E-state index contributed by atoms with van der Waals surface area (Å²) in [7, 11) is 0. The van der Waals surface area contributed by atoms with Crippen molar-refractivity contribution in [2.75, 3.05) is 0 Å². The SMILES string of the molecule is O=C(NCc1cn2ccccc2n1)c1ccccc1OCc1ccc(F)cc1. The lowest BCUT2D eigenvalue weighted by Crippen LogP contribution is -2.23. The molecule has 0 saturated heterocycles. The summed E-state index contributed by atoms with van der Waals surface area (Å²) in [5.41, 5.74) is 2.86. The third-order valence-corrected chi connectivity index (χ3v) is 4.28. The zero-order valence-electron chi connectivity index (χ0n) is 15.0. The second kappa shape index (κ2) is 7.92. The fourth-order valence-corrected chi connectivity index (χ4v) is 2.86. The lowest BCUT2D eigenvalue weighted by atomic mass is 10.2. The molecule has 0 bridgehead atoms. The van der Waals surface area contributed by atoms with Gasteiger partial charge in [0.1, 0.15) is 23.8 Å². The molecule has 2 aromatic heterocycles. The normalized spacial score (nSPS) is 10.8. The minimum atomic E-state index is -0.296. The molecule has 6 heteroatoms. The Labute approximate surface area is 161 Å². The predicted octanol–water partition coefficient (Wildman–Crippen LogP) is 3.98. The van der Waals surface area contributed by atoms with Crippen molar-refractivity contribution in [3.63, 3.8) is 0 Å². The molecule has 0 unspecified atom stereocenters. The van der Waals surface area contributed by atoms with Gasteiger partial charge in [-0.15, -0.1) is 0 Å². The molecule has 0 aliphatic rings. The molecule has 2 aromatic carbocycles. The first-order chi connectivity index (χ1) is 13.7. The fraction of sp³-hybridized carbons (Fsp3) is 0.0909. The number of hydrogen-bond donors (Lipinski definition) is 1. The van der Waals surface area contributed by atoms with Gasteiger partial charge in [-0.05, 0) is 42.0 Å². The second-order valence-corrected chi connectivity index (χ2v) is 6.29. The number of halogens is 1. The lowest BCUT2D eigenvalue weighted by molar-refractivity contribution is 0.0946. The highest BCUT2D eigenvalue weighted by atomic mass is 19.1. The van der Waals surface area contributed by atoms with Gasteiger partial charge in [0.25, 0.3) is 5.91 Å². The van der Waals surface area contributed by atoms with Crippen LogP contribution < -0.4 is 10.1 Å². The summed E-state index contributed by atoms with van der Waals surface area (Å²) in [5.74, 6) is -0.0680. The molecule has 0 saturated carbocycles. The van der Waals surface area contributed by atoms with Crippen molar-refractivity contribution in [1.82, 2.24) is 14.7 Å². The van der Waals surface area contributed by atoms with Gasteiger partial charge in [0.2, 0.25) is 0 Å². The molecular weight excluding hydrogens is 357 g/mol. The van der Waals surface area contributed by atoms with Crippen LogP contribution in [0.3, 0.4) is 0 Å². The molecule has 0 spiro atoms. The van der Waals surface area contributed by atoms with E-state index in [1.165, 1.54) is 12.1 Å². The minimum Gasteiger partial charge on any atom is -0.488 e. The van der Waals surface area contributed by atoms with Crippen LogP contribution in [0.2, 0.25) is 0 Å². The van der Waals surface area contributed by atoms with Crippen molar-refractivity contribution < 1.29 is 13.9 Å². The number of aromatic nitrogens is 2. The molecule has 140 valence electrons. The fourth-order valence-electron chi connectivity index (χ4n) is 2.86. The van der Waals surface area contributed by atoms with Crippen LogP contribution in [0.1, 0.15) is 21.6 Å². The largest absolute Gasteiger partial charge is 0.488 e. The van der Waals surface area contributed by atoms with Crippen molar-refractivity contribution >= 4 is 11.6 Å². The standard InChI is InChI=1S/C22H18FN3O2/c23-17-10-8-16(9-11-17)15-28-20-6-2-1-5-19(20)22(27)24-13-18-14-26-12-4-3-7-21(26)25-18/h1-12,14H,13,15H2,(H,24,27). The molecule has 0 fully saturated rings. The van der Waals surface area contributed by atoms with Gasteiger partial charge in [-0.2, -0.15) is 0 Å². The zero-order valence-corrected chi connectivity index (χ0v) is 15.0. The molecule has 5 nitrogen and oxygen atoms in total. The highest BCUT2D eigenvalue weighted by Gasteiger charge is 2.13. The number of para-hydroxylation sites is 1. The first-order valence-electron chi connectivity index (χ1n) is 8.86. The number of nitrogens with zero attached hydrogens (tertiary/aromatic N) is 2. The van der Waals surface area contributed by atoms with E-state index < -0.39 is 0 Å². The number of carbonyl (C=O) groups is 1. The predicted molar refractivity (Wildman–Crippen MR) is 104 cm³/mol. The monoisotopic (exact) mass is 375 g/mol. The highest BCUT2D eigenvalue weighted by Crippen LogP contribution is 2.19. The minimum absolute atomic E-state index is 0.244. The van der Waals surface area contributed by atoms with Gasteiger partial charge < -0.3 is 14.5 Å². The van der Waals surface area contributed by atoms with Crippen molar-refractivity contribution in [3.05, 3.63) is 102 Å². The smallest absolute Gasteiger partial charge is 0.255 e. The Kier molecular flexibility index (Phi) is 5.01. The lowest BCUT2D eigenvalue weighted by Gasteiger charge is -2.11. The number of imidazole rings is 1. The number of ether oxygens (including phenoxy) is 1. The average molecular weight is 375 g/mol. The van der Waals surface area contributed by atoms with E-state index in [0.717, 1.165) is 16.9 Å². The van der Waals surface area contributed by atoms with Crippen LogP contribution in [0.25, 0.3) is 5.65 Å². The molecule has 0 radical (unpaired) electrons. The second-order valence-electron chi connectivity index (χ2n) is 6.29. The molecule has 2 heterocycles. The first kappa shape index (κ1) is 17.7. The maximum absolute atomic E-state index is 13.0. The maximum atomic E-state index is 13.0. The van der Waals surface area contributed by atoms with E-state index in [4.69, 9.17) is 4.74 Å². The Morgan fingerprint density at radius 3 is 2.64 bits per heavy atom. The summed E-state index contributed by atoms with van der Waals surface area (Å²) in [4.78, 5) is 17.1. The molecule has 4 rings (SSSR count). The van der Waals surface area contributed by atoms with E-state index in [1.54, 1.807) is 36.4 Å². The van der Waals surface area contributed by atoms with Crippen LogP contribution in [-0.4, -0.2) is 15.3 Å². The summed E-state index contributed by atoms with van der Waals surface area (Å²) in [6.45, 7) is 0.559. The molecule has 28 heavy (non-hydrogen) atoms. The maximum Gasteiger partial charge on any atom is 0.255 e.